The maximum absolute atomic E-state index is 10.3. The maximum Gasteiger partial charge on any atom is 0.0678 e. The second kappa shape index (κ2) is 4.12. The van der Waals surface area contributed by atoms with Gasteiger partial charge in [-0.25, -0.2) is 0 Å². The Bertz CT molecular complexity index is 236. The minimum Gasteiger partial charge on any atom is -0.390 e. The minimum atomic E-state index is -0.517. The first-order valence-corrected chi connectivity index (χ1v) is 6.41. The molecule has 0 saturated carbocycles. The van der Waals surface area contributed by atoms with E-state index < -0.39 is 5.60 Å². The molecule has 2 nitrogen and oxygen atoms in total. The third-order valence-electron chi connectivity index (χ3n) is 3.35. The van der Waals surface area contributed by atoms with E-state index >= 15 is 0 Å². The number of fused-ring (bicyclic) bond motifs is 2. The molecule has 0 spiro atoms. The van der Waals surface area contributed by atoms with Crippen molar-refractivity contribution in [3.63, 3.8) is 0 Å². The summed E-state index contributed by atoms with van der Waals surface area (Å²) in [4.78, 5) is 0. The van der Waals surface area contributed by atoms with Crippen LogP contribution in [0.15, 0.2) is 0 Å². The zero-order chi connectivity index (χ0) is 10.0. The van der Waals surface area contributed by atoms with E-state index in [-0.39, 0.29) is 0 Å². The molecule has 0 aromatic heterocycles. The van der Waals surface area contributed by atoms with Gasteiger partial charge >= 0.3 is 0 Å². The first-order chi connectivity index (χ1) is 6.72. The quantitative estimate of drug-likeness (QED) is 0.763. The van der Waals surface area contributed by atoms with Crippen molar-refractivity contribution < 1.29 is 5.11 Å². The number of hydrogen-bond acceptors (Lipinski definition) is 3. The van der Waals surface area contributed by atoms with Crippen molar-refractivity contribution in [2.45, 2.75) is 61.0 Å². The zero-order valence-electron chi connectivity index (χ0n) is 8.41. The van der Waals surface area contributed by atoms with Gasteiger partial charge in [0.05, 0.1) is 11.7 Å². The zero-order valence-corrected chi connectivity index (χ0v) is 9.22. The third kappa shape index (κ3) is 2.24. The fraction of sp³-hybridized carbons (Fsp3) is 0.909. The fourth-order valence-corrected chi connectivity index (χ4v) is 4.67. The summed E-state index contributed by atoms with van der Waals surface area (Å²) in [6, 6.07) is 2.14. The van der Waals surface area contributed by atoms with Gasteiger partial charge in [-0.15, -0.1) is 0 Å². The number of nitrogens with zero attached hydrogens (tertiary/aromatic N) is 1. The van der Waals surface area contributed by atoms with Gasteiger partial charge < -0.3 is 5.11 Å². The Hall–Kier alpha value is -0.200. The lowest BCUT2D eigenvalue weighted by Gasteiger charge is -2.43. The molecule has 0 radical (unpaired) electrons. The van der Waals surface area contributed by atoms with Crippen LogP contribution in [0.4, 0.5) is 0 Å². The van der Waals surface area contributed by atoms with Crippen LogP contribution >= 0.6 is 11.8 Å². The Labute approximate surface area is 89.7 Å². The van der Waals surface area contributed by atoms with Gasteiger partial charge in [0.25, 0.3) is 0 Å². The van der Waals surface area contributed by atoms with Crippen molar-refractivity contribution in [2.24, 2.45) is 0 Å². The van der Waals surface area contributed by atoms with E-state index in [1.807, 2.05) is 0 Å². The summed E-state index contributed by atoms with van der Waals surface area (Å²) < 4.78 is 0. The lowest BCUT2D eigenvalue weighted by Crippen LogP contribution is -2.42. The molecular formula is C11H17NOS. The molecule has 2 rings (SSSR count). The largest absolute Gasteiger partial charge is 0.390 e. The number of nitriles is 1. The topological polar surface area (TPSA) is 44.0 Å². The van der Waals surface area contributed by atoms with Gasteiger partial charge in [-0.1, -0.05) is 6.42 Å². The second-order valence-electron chi connectivity index (χ2n) is 4.60. The van der Waals surface area contributed by atoms with Gasteiger partial charge in [0.1, 0.15) is 0 Å². The van der Waals surface area contributed by atoms with Crippen molar-refractivity contribution in [1.82, 2.24) is 0 Å². The summed E-state index contributed by atoms with van der Waals surface area (Å²) in [6.07, 6.45) is 6.85. The molecule has 2 saturated heterocycles. The van der Waals surface area contributed by atoms with E-state index in [0.717, 1.165) is 12.8 Å². The molecule has 0 aliphatic carbocycles. The van der Waals surface area contributed by atoms with Gasteiger partial charge in [-0.05, 0) is 32.1 Å². The summed E-state index contributed by atoms with van der Waals surface area (Å²) in [5, 5.41) is 20.2. The summed E-state index contributed by atoms with van der Waals surface area (Å²) in [5.74, 6) is 0. The van der Waals surface area contributed by atoms with E-state index in [0.29, 0.717) is 23.3 Å². The smallest absolute Gasteiger partial charge is 0.0678 e. The first kappa shape index (κ1) is 10.3. The fourth-order valence-electron chi connectivity index (χ4n) is 2.71. The molecule has 2 aliphatic heterocycles. The summed E-state index contributed by atoms with van der Waals surface area (Å²) in [5.41, 5.74) is -0.517. The van der Waals surface area contributed by atoms with Gasteiger partial charge in [-0.2, -0.15) is 17.0 Å². The van der Waals surface area contributed by atoms with E-state index in [2.05, 4.69) is 17.8 Å². The predicted molar refractivity (Wildman–Crippen MR) is 58.0 cm³/mol. The molecule has 0 aromatic rings. The molecule has 0 amide bonds. The SMILES string of the molecule is N#CCCC1(O)CC2CCCC(C1)S2. The molecule has 3 heteroatoms. The molecule has 78 valence electrons. The number of rotatable bonds is 2. The minimum absolute atomic E-state index is 0.501. The molecule has 2 bridgehead atoms. The molecule has 14 heavy (non-hydrogen) atoms. The lowest BCUT2D eigenvalue weighted by molar-refractivity contribution is 0.00587. The van der Waals surface area contributed by atoms with Crippen LogP contribution in [0, 0.1) is 11.3 Å². The van der Waals surface area contributed by atoms with Crippen molar-refractivity contribution in [3.8, 4) is 6.07 Å². The summed E-state index contributed by atoms with van der Waals surface area (Å²) in [7, 11) is 0. The van der Waals surface area contributed by atoms with E-state index in [9.17, 15) is 5.11 Å². The maximum atomic E-state index is 10.3. The lowest BCUT2D eigenvalue weighted by atomic mass is 9.82. The highest BCUT2D eigenvalue weighted by molar-refractivity contribution is 8.00. The Morgan fingerprint density at radius 2 is 2.00 bits per heavy atom. The van der Waals surface area contributed by atoms with Crippen LogP contribution in [0.2, 0.25) is 0 Å². The number of thioether (sulfide) groups is 1. The molecule has 2 atom stereocenters. The Kier molecular flexibility index (Phi) is 3.04. The Balaban J connectivity index is 1.97. The standard InChI is InChI=1S/C11H17NOS/c12-6-2-5-11(13)7-9-3-1-4-10(8-11)14-9/h9-10,13H,1-5,7-8H2. The third-order valence-corrected chi connectivity index (χ3v) is 4.93. The van der Waals surface area contributed by atoms with Crippen LogP contribution < -0.4 is 0 Å². The Morgan fingerprint density at radius 3 is 2.57 bits per heavy atom. The normalized spacial score (nSPS) is 41.7. The molecule has 0 aromatic carbocycles. The second-order valence-corrected chi connectivity index (χ2v) is 6.21. The molecule has 2 unspecified atom stereocenters. The molecule has 2 aliphatic rings. The molecule has 1 N–H and O–H groups in total. The van der Waals surface area contributed by atoms with Crippen LogP contribution in [0.25, 0.3) is 0 Å². The number of hydrogen-bond donors (Lipinski definition) is 1. The van der Waals surface area contributed by atoms with Crippen LogP contribution in [0.1, 0.15) is 44.9 Å². The van der Waals surface area contributed by atoms with Crippen molar-refractivity contribution in [1.29, 1.82) is 5.26 Å². The number of aliphatic hydroxyl groups is 1. The highest BCUT2D eigenvalue weighted by Crippen LogP contribution is 2.46. The average molecular weight is 211 g/mol. The van der Waals surface area contributed by atoms with E-state index in [4.69, 9.17) is 5.26 Å². The average Bonchev–Trinajstić information content (AvgIpc) is 2.14. The van der Waals surface area contributed by atoms with Gasteiger partial charge in [0.15, 0.2) is 0 Å². The van der Waals surface area contributed by atoms with Crippen LogP contribution in [0.5, 0.6) is 0 Å². The van der Waals surface area contributed by atoms with Crippen molar-refractivity contribution in [2.75, 3.05) is 0 Å². The van der Waals surface area contributed by atoms with Crippen molar-refractivity contribution >= 4 is 11.8 Å². The molecule has 2 heterocycles. The van der Waals surface area contributed by atoms with Crippen LogP contribution in [0.3, 0.4) is 0 Å². The van der Waals surface area contributed by atoms with Crippen LogP contribution in [-0.4, -0.2) is 21.2 Å². The van der Waals surface area contributed by atoms with Crippen molar-refractivity contribution in [3.05, 3.63) is 0 Å². The highest BCUT2D eigenvalue weighted by atomic mass is 32.2. The first-order valence-electron chi connectivity index (χ1n) is 5.47. The van der Waals surface area contributed by atoms with E-state index in [1.54, 1.807) is 0 Å². The monoisotopic (exact) mass is 211 g/mol. The van der Waals surface area contributed by atoms with Gasteiger partial charge in [0, 0.05) is 16.9 Å². The van der Waals surface area contributed by atoms with Gasteiger partial charge in [0.2, 0.25) is 0 Å². The van der Waals surface area contributed by atoms with Crippen LogP contribution in [-0.2, 0) is 0 Å². The molecule has 2 fully saturated rings. The molecular weight excluding hydrogens is 194 g/mol. The highest BCUT2D eigenvalue weighted by Gasteiger charge is 2.40. The Morgan fingerprint density at radius 1 is 1.36 bits per heavy atom. The predicted octanol–water partition coefficient (Wildman–Crippen LogP) is 2.47. The van der Waals surface area contributed by atoms with E-state index in [1.165, 1.54) is 19.3 Å². The van der Waals surface area contributed by atoms with Gasteiger partial charge in [-0.3, -0.25) is 0 Å². The summed E-state index contributed by atoms with van der Waals surface area (Å²) >= 11 is 2.07. The summed E-state index contributed by atoms with van der Waals surface area (Å²) in [6.45, 7) is 0.